The first-order valence-corrected chi connectivity index (χ1v) is 7.63. The average molecular weight is 373 g/mol. The van der Waals surface area contributed by atoms with Crippen LogP contribution in [0.3, 0.4) is 0 Å². The van der Waals surface area contributed by atoms with Crippen LogP contribution in [-0.4, -0.2) is 8.75 Å². The van der Waals surface area contributed by atoms with Crippen LogP contribution < -0.4 is 5.32 Å². The molecule has 1 aromatic heterocycles. The van der Waals surface area contributed by atoms with E-state index in [0.29, 0.717) is 16.0 Å². The van der Waals surface area contributed by atoms with Gasteiger partial charge in [0.05, 0.1) is 22.4 Å². The summed E-state index contributed by atoms with van der Waals surface area (Å²) < 4.78 is 22.4. The Morgan fingerprint density at radius 2 is 2.10 bits per heavy atom. The number of halogens is 3. The summed E-state index contributed by atoms with van der Waals surface area (Å²) in [6.45, 7) is 0.451. The molecule has 1 N–H and O–H groups in total. The molecule has 3 nitrogen and oxygen atoms in total. The fourth-order valence-corrected chi connectivity index (χ4v) is 3.17. The maximum atomic E-state index is 13.3. The minimum Gasteiger partial charge on any atom is -0.378 e. The Kier molecular flexibility index (Phi) is 3.87. The quantitative estimate of drug-likeness (QED) is 0.713. The third-order valence-electron chi connectivity index (χ3n) is 2.77. The van der Waals surface area contributed by atoms with Crippen molar-refractivity contribution in [3.63, 3.8) is 0 Å². The Bertz CT molecular complexity index is 757. The first kappa shape index (κ1) is 13.7. The van der Waals surface area contributed by atoms with Gasteiger partial charge < -0.3 is 5.32 Å². The highest BCUT2D eigenvalue weighted by molar-refractivity contribution is 9.10. The van der Waals surface area contributed by atoms with E-state index in [4.69, 9.17) is 11.6 Å². The second kappa shape index (κ2) is 5.63. The average Bonchev–Trinajstić information content (AvgIpc) is 2.85. The van der Waals surface area contributed by atoms with Gasteiger partial charge in [-0.2, -0.15) is 8.75 Å². The van der Waals surface area contributed by atoms with Crippen molar-refractivity contribution in [2.75, 3.05) is 5.32 Å². The zero-order valence-corrected chi connectivity index (χ0v) is 13.2. The zero-order valence-electron chi connectivity index (χ0n) is 10.0. The van der Waals surface area contributed by atoms with Crippen molar-refractivity contribution >= 4 is 56.0 Å². The molecule has 0 amide bonds. The maximum absolute atomic E-state index is 13.3. The van der Waals surface area contributed by atoms with Crippen molar-refractivity contribution in [2.45, 2.75) is 6.54 Å². The van der Waals surface area contributed by atoms with Crippen LogP contribution >= 0.6 is 39.3 Å². The van der Waals surface area contributed by atoms with Gasteiger partial charge in [0.1, 0.15) is 16.9 Å². The smallest absolute Gasteiger partial charge is 0.129 e. The maximum Gasteiger partial charge on any atom is 0.129 e. The molecule has 0 bridgehead atoms. The molecule has 0 unspecified atom stereocenters. The third-order valence-corrected chi connectivity index (χ3v) is 4.08. The number of fused-ring (bicyclic) bond motifs is 1. The van der Waals surface area contributed by atoms with E-state index in [1.54, 1.807) is 6.07 Å². The Morgan fingerprint density at radius 1 is 1.25 bits per heavy atom. The summed E-state index contributed by atoms with van der Waals surface area (Å²) in [6.07, 6.45) is 0. The molecule has 0 fully saturated rings. The molecule has 0 aliphatic heterocycles. The minimum absolute atomic E-state index is 0.282. The van der Waals surface area contributed by atoms with Crippen LogP contribution in [-0.2, 0) is 6.54 Å². The second-order valence-corrected chi connectivity index (χ2v) is 6.04. The predicted molar refractivity (Wildman–Crippen MR) is 83.9 cm³/mol. The van der Waals surface area contributed by atoms with Crippen molar-refractivity contribution in [1.29, 1.82) is 0 Å². The van der Waals surface area contributed by atoms with Crippen LogP contribution in [0.5, 0.6) is 0 Å². The lowest BCUT2D eigenvalue weighted by molar-refractivity contribution is 0.625. The molecule has 102 valence electrons. The van der Waals surface area contributed by atoms with Crippen LogP contribution in [0.25, 0.3) is 11.0 Å². The SMILES string of the molecule is Fc1cc(Br)cc(CNc2c(Cl)ccc3nsnc23)c1. The normalized spacial score (nSPS) is 10.9. The fourth-order valence-electron chi connectivity index (χ4n) is 1.90. The number of hydrogen-bond acceptors (Lipinski definition) is 4. The predicted octanol–water partition coefficient (Wildman–Crippen LogP) is 4.86. The van der Waals surface area contributed by atoms with Gasteiger partial charge in [-0.15, -0.1) is 0 Å². The molecule has 0 aliphatic rings. The highest BCUT2D eigenvalue weighted by Gasteiger charge is 2.10. The fraction of sp³-hybridized carbons (Fsp3) is 0.0769. The molecule has 0 atom stereocenters. The van der Waals surface area contributed by atoms with E-state index in [9.17, 15) is 4.39 Å². The van der Waals surface area contributed by atoms with E-state index in [1.165, 1.54) is 12.1 Å². The molecule has 0 saturated heterocycles. The van der Waals surface area contributed by atoms with Gasteiger partial charge in [-0.1, -0.05) is 27.5 Å². The summed E-state index contributed by atoms with van der Waals surface area (Å²) in [5.41, 5.74) is 3.06. The number of nitrogens with zero attached hydrogens (tertiary/aromatic N) is 2. The molecular formula is C13H8BrClFN3S. The van der Waals surface area contributed by atoms with E-state index >= 15 is 0 Å². The molecule has 3 aromatic rings. The standard InChI is InChI=1S/C13H8BrClFN3S/c14-8-3-7(4-9(16)5-8)6-17-12-10(15)1-2-11-13(12)19-20-18-11/h1-5,17H,6H2. The molecular weight excluding hydrogens is 365 g/mol. The summed E-state index contributed by atoms with van der Waals surface area (Å²) >= 11 is 10.6. The lowest BCUT2D eigenvalue weighted by Crippen LogP contribution is -2.01. The molecule has 0 spiro atoms. The molecule has 0 saturated carbocycles. The Hall–Kier alpha value is -1.24. The summed E-state index contributed by atoms with van der Waals surface area (Å²) in [6, 6.07) is 8.34. The van der Waals surface area contributed by atoms with E-state index in [-0.39, 0.29) is 5.82 Å². The van der Waals surface area contributed by atoms with Gasteiger partial charge in [0.2, 0.25) is 0 Å². The summed E-state index contributed by atoms with van der Waals surface area (Å²) in [4.78, 5) is 0. The Balaban J connectivity index is 1.90. The van der Waals surface area contributed by atoms with Crippen LogP contribution in [0.2, 0.25) is 5.02 Å². The van der Waals surface area contributed by atoms with Crippen LogP contribution in [0.4, 0.5) is 10.1 Å². The van der Waals surface area contributed by atoms with Gasteiger partial charge in [-0.3, -0.25) is 0 Å². The van der Waals surface area contributed by atoms with Gasteiger partial charge in [-0.25, -0.2) is 4.39 Å². The first-order chi connectivity index (χ1) is 9.63. The van der Waals surface area contributed by atoms with E-state index in [1.807, 2.05) is 12.1 Å². The van der Waals surface area contributed by atoms with Crippen LogP contribution in [0.15, 0.2) is 34.8 Å². The Labute approximate surface area is 132 Å². The highest BCUT2D eigenvalue weighted by Crippen LogP contribution is 2.30. The van der Waals surface area contributed by atoms with Gasteiger partial charge >= 0.3 is 0 Å². The number of aromatic nitrogens is 2. The monoisotopic (exact) mass is 371 g/mol. The van der Waals surface area contributed by atoms with Gasteiger partial charge in [0.25, 0.3) is 0 Å². The number of rotatable bonds is 3. The number of nitrogens with one attached hydrogen (secondary N) is 1. The Morgan fingerprint density at radius 3 is 2.90 bits per heavy atom. The third kappa shape index (κ3) is 2.77. The number of anilines is 1. The zero-order chi connectivity index (χ0) is 14.1. The van der Waals surface area contributed by atoms with Gasteiger partial charge in [0, 0.05) is 11.0 Å². The lowest BCUT2D eigenvalue weighted by atomic mass is 10.2. The molecule has 3 rings (SSSR count). The van der Waals surface area contributed by atoms with E-state index in [2.05, 4.69) is 30.0 Å². The van der Waals surface area contributed by atoms with Crippen molar-refractivity contribution in [1.82, 2.24) is 8.75 Å². The van der Waals surface area contributed by atoms with E-state index in [0.717, 1.165) is 34.0 Å². The van der Waals surface area contributed by atoms with Crippen molar-refractivity contribution in [3.8, 4) is 0 Å². The molecule has 20 heavy (non-hydrogen) atoms. The van der Waals surface area contributed by atoms with Crippen LogP contribution in [0, 0.1) is 5.82 Å². The van der Waals surface area contributed by atoms with Gasteiger partial charge in [0.15, 0.2) is 0 Å². The first-order valence-electron chi connectivity index (χ1n) is 5.73. The van der Waals surface area contributed by atoms with Crippen molar-refractivity contribution in [2.24, 2.45) is 0 Å². The minimum atomic E-state index is -0.282. The molecule has 0 aliphatic carbocycles. The highest BCUT2D eigenvalue weighted by atomic mass is 79.9. The molecule has 7 heteroatoms. The second-order valence-electron chi connectivity index (χ2n) is 4.19. The molecule has 1 heterocycles. The molecule has 0 radical (unpaired) electrons. The number of hydrogen-bond donors (Lipinski definition) is 1. The lowest BCUT2D eigenvalue weighted by Gasteiger charge is -2.09. The van der Waals surface area contributed by atoms with Crippen molar-refractivity contribution in [3.05, 3.63) is 51.2 Å². The topological polar surface area (TPSA) is 37.8 Å². The summed E-state index contributed by atoms with van der Waals surface area (Å²) in [7, 11) is 0. The number of benzene rings is 2. The molecule has 2 aromatic carbocycles. The summed E-state index contributed by atoms with van der Waals surface area (Å²) in [5.74, 6) is -0.282. The largest absolute Gasteiger partial charge is 0.378 e. The van der Waals surface area contributed by atoms with Crippen molar-refractivity contribution < 1.29 is 4.39 Å². The van der Waals surface area contributed by atoms with E-state index < -0.39 is 0 Å². The summed E-state index contributed by atoms with van der Waals surface area (Å²) in [5, 5.41) is 3.77. The van der Waals surface area contributed by atoms with Gasteiger partial charge in [-0.05, 0) is 35.9 Å². The van der Waals surface area contributed by atoms with Crippen LogP contribution in [0.1, 0.15) is 5.56 Å².